The molecule has 1 heterocycles. The Balaban J connectivity index is 1.57. The summed E-state index contributed by atoms with van der Waals surface area (Å²) in [5, 5.41) is 8.12. The zero-order valence-electron chi connectivity index (χ0n) is 13.5. The minimum absolute atomic E-state index is 0.0539. The third-order valence-electron chi connectivity index (χ3n) is 3.70. The SMILES string of the molecule is CCN(C(=O)CSc1nnc(-c2ccc(OC(F)F)cc2)o1)C1CC1. The molecular weight excluding hydrogens is 352 g/mol. The van der Waals surface area contributed by atoms with Crippen molar-refractivity contribution < 1.29 is 22.7 Å². The number of alkyl halides is 2. The lowest BCUT2D eigenvalue weighted by atomic mass is 10.2. The van der Waals surface area contributed by atoms with E-state index in [4.69, 9.17) is 4.42 Å². The molecule has 0 bridgehead atoms. The van der Waals surface area contributed by atoms with E-state index in [0.29, 0.717) is 23.4 Å². The lowest BCUT2D eigenvalue weighted by molar-refractivity contribution is -0.128. The molecule has 0 radical (unpaired) electrons. The van der Waals surface area contributed by atoms with Gasteiger partial charge in [0.2, 0.25) is 11.8 Å². The van der Waals surface area contributed by atoms with Gasteiger partial charge in [-0.25, -0.2) is 0 Å². The quantitative estimate of drug-likeness (QED) is 0.664. The lowest BCUT2D eigenvalue weighted by Crippen LogP contribution is -2.34. The Labute approximate surface area is 147 Å². The summed E-state index contributed by atoms with van der Waals surface area (Å²) in [5.74, 6) is 0.613. The highest BCUT2D eigenvalue weighted by Crippen LogP contribution is 2.29. The Kier molecular flexibility index (Phi) is 5.52. The normalized spacial score (nSPS) is 13.9. The van der Waals surface area contributed by atoms with Gasteiger partial charge in [-0.2, -0.15) is 8.78 Å². The summed E-state index contributed by atoms with van der Waals surface area (Å²) in [5.41, 5.74) is 0.584. The molecule has 1 aromatic heterocycles. The van der Waals surface area contributed by atoms with Crippen LogP contribution in [0, 0.1) is 0 Å². The predicted octanol–water partition coefficient (Wildman–Crippen LogP) is 3.44. The van der Waals surface area contributed by atoms with E-state index < -0.39 is 6.61 Å². The summed E-state index contributed by atoms with van der Waals surface area (Å²) < 4.78 is 34.1. The molecule has 25 heavy (non-hydrogen) atoms. The van der Waals surface area contributed by atoms with Gasteiger partial charge in [0, 0.05) is 18.2 Å². The zero-order chi connectivity index (χ0) is 17.8. The number of halogens is 2. The molecule has 1 amide bonds. The molecule has 0 aliphatic heterocycles. The number of ether oxygens (including phenoxy) is 1. The van der Waals surface area contributed by atoms with Gasteiger partial charge < -0.3 is 14.1 Å². The fraction of sp³-hybridized carbons (Fsp3) is 0.438. The van der Waals surface area contributed by atoms with E-state index in [-0.39, 0.29) is 23.3 Å². The molecular formula is C16H17F2N3O3S. The van der Waals surface area contributed by atoms with Crippen molar-refractivity contribution in [2.75, 3.05) is 12.3 Å². The van der Waals surface area contributed by atoms with Crippen molar-refractivity contribution >= 4 is 17.7 Å². The van der Waals surface area contributed by atoms with Gasteiger partial charge in [-0.3, -0.25) is 4.79 Å². The van der Waals surface area contributed by atoms with Crippen LogP contribution in [0.25, 0.3) is 11.5 Å². The van der Waals surface area contributed by atoms with Crippen molar-refractivity contribution in [3.8, 4) is 17.2 Å². The highest BCUT2D eigenvalue weighted by atomic mass is 32.2. The van der Waals surface area contributed by atoms with E-state index in [2.05, 4.69) is 14.9 Å². The summed E-state index contributed by atoms with van der Waals surface area (Å²) in [4.78, 5) is 14.0. The van der Waals surface area contributed by atoms with Crippen molar-refractivity contribution in [1.29, 1.82) is 0 Å². The first-order valence-corrected chi connectivity index (χ1v) is 8.86. The maximum absolute atomic E-state index is 12.2. The maximum Gasteiger partial charge on any atom is 0.387 e. The molecule has 0 unspecified atom stereocenters. The first kappa shape index (κ1) is 17.7. The summed E-state index contributed by atoms with van der Waals surface area (Å²) >= 11 is 1.19. The fourth-order valence-corrected chi connectivity index (χ4v) is 3.04. The number of amides is 1. The Hall–Kier alpha value is -2.16. The lowest BCUT2D eigenvalue weighted by Gasteiger charge is -2.19. The maximum atomic E-state index is 12.2. The van der Waals surface area contributed by atoms with Crippen LogP contribution in [-0.2, 0) is 4.79 Å². The van der Waals surface area contributed by atoms with Gasteiger partial charge in [0.25, 0.3) is 5.22 Å². The summed E-state index contributed by atoms with van der Waals surface area (Å²) in [6, 6.07) is 6.28. The second-order valence-electron chi connectivity index (χ2n) is 5.48. The number of thioether (sulfide) groups is 1. The summed E-state index contributed by atoms with van der Waals surface area (Å²) in [7, 11) is 0. The molecule has 0 atom stereocenters. The van der Waals surface area contributed by atoms with Crippen molar-refractivity contribution in [3.63, 3.8) is 0 Å². The second-order valence-corrected chi connectivity index (χ2v) is 6.40. The Morgan fingerprint density at radius 1 is 1.36 bits per heavy atom. The van der Waals surface area contributed by atoms with E-state index in [0.717, 1.165) is 12.8 Å². The van der Waals surface area contributed by atoms with Crippen LogP contribution in [0.2, 0.25) is 0 Å². The average molecular weight is 369 g/mol. The number of aromatic nitrogens is 2. The van der Waals surface area contributed by atoms with Gasteiger partial charge >= 0.3 is 6.61 Å². The standard InChI is InChI=1S/C16H17F2N3O3S/c1-2-21(11-5-6-11)13(22)9-25-16-20-19-14(24-16)10-3-7-12(8-4-10)23-15(17)18/h3-4,7-8,11,15H,2,5-6,9H2,1H3. The van der Waals surface area contributed by atoms with Crippen LogP contribution in [-0.4, -0.2) is 46.0 Å². The largest absolute Gasteiger partial charge is 0.435 e. The first-order chi connectivity index (χ1) is 12.1. The van der Waals surface area contributed by atoms with E-state index >= 15 is 0 Å². The van der Waals surface area contributed by atoms with Gasteiger partial charge in [-0.05, 0) is 44.0 Å². The first-order valence-electron chi connectivity index (χ1n) is 7.88. The number of carbonyl (C=O) groups is 1. The van der Waals surface area contributed by atoms with Crippen LogP contribution in [0.1, 0.15) is 19.8 Å². The summed E-state index contributed by atoms with van der Waals surface area (Å²) in [6.45, 7) is -0.202. The number of hydrogen-bond donors (Lipinski definition) is 0. The third-order valence-corrected chi connectivity index (χ3v) is 4.50. The number of rotatable bonds is 8. The van der Waals surface area contributed by atoms with Crippen molar-refractivity contribution in [3.05, 3.63) is 24.3 Å². The number of hydrogen-bond acceptors (Lipinski definition) is 6. The van der Waals surface area contributed by atoms with Crippen LogP contribution in [0.15, 0.2) is 33.9 Å². The average Bonchev–Trinajstić information content (AvgIpc) is 3.31. The fourth-order valence-electron chi connectivity index (χ4n) is 2.39. The molecule has 1 aliphatic carbocycles. The number of benzene rings is 1. The third kappa shape index (κ3) is 4.68. The highest BCUT2D eigenvalue weighted by Gasteiger charge is 2.31. The highest BCUT2D eigenvalue weighted by molar-refractivity contribution is 7.99. The van der Waals surface area contributed by atoms with E-state index in [1.54, 1.807) is 12.1 Å². The smallest absolute Gasteiger partial charge is 0.387 e. The molecule has 0 saturated heterocycles. The van der Waals surface area contributed by atoms with Crippen molar-refractivity contribution in [1.82, 2.24) is 15.1 Å². The van der Waals surface area contributed by atoms with Gasteiger partial charge in [0.05, 0.1) is 5.75 Å². The molecule has 134 valence electrons. The number of carbonyl (C=O) groups excluding carboxylic acids is 1. The Morgan fingerprint density at radius 2 is 2.08 bits per heavy atom. The van der Waals surface area contributed by atoms with Crippen molar-refractivity contribution in [2.45, 2.75) is 37.6 Å². The predicted molar refractivity (Wildman–Crippen MR) is 87.5 cm³/mol. The van der Waals surface area contributed by atoms with Crippen LogP contribution >= 0.6 is 11.8 Å². The molecule has 3 rings (SSSR count). The van der Waals surface area contributed by atoms with E-state index in [9.17, 15) is 13.6 Å². The van der Waals surface area contributed by atoms with Crippen LogP contribution < -0.4 is 4.74 Å². The zero-order valence-corrected chi connectivity index (χ0v) is 14.3. The monoisotopic (exact) mass is 369 g/mol. The van der Waals surface area contributed by atoms with E-state index in [1.165, 1.54) is 23.9 Å². The van der Waals surface area contributed by atoms with E-state index in [1.807, 2.05) is 11.8 Å². The van der Waals surface area contributed by atoms with Crippen molar-refractivity contribution in [2.24, 2.45) is 0 Å². The molecule has 6 nitrogen and oxygen atoms in total. The molecule has 1 fully saturated rings. The number of nitrogens with zero attached hydrogens (tertiary/aromatic N) is 3. The molecule has 1 aliphatic rings. The molecule has 0 N–H and O–H groups in total. The molecule has 1 aromatic carbocycles. The second kappa shape index (κ2) is 7.81. The molecule has 1 saturated carbocycles. The van der Waals surface area contributed by atoms with Crippen LogP contribution in [0.3, 0.4) is 0 Å². The van der Waals surface area contributed by atoms with Gasteiger partial charge in [0.1, 0.15) is 5.75 Å². The molecule has 0 spiro atoms. The molecule has 2 aromatic rings. The summed E-state index contributed by atoms with van der Waals surface area (Å²) in [6.07, 6.45) is 2.14. The van der Waals surface area contributed by atoms with Crippen LogP contribution in [0.5, 0.6) is 5.75 Å². The minimum atomic E-state index is -2.87. The van der Waals surface area contributed by atoms with Gasteiger partial charge in [-0.1, -0.05) is 11.8 Å². The topological polar surface area (TPSA) is 68.5 Å². The van der Waals surface area contributed by atoms with Crippen LogP contribution in [0.4, 0.5) is 8.78 Å². The Morgan fingerprint density at radius 3 is 2.68 bits per heavy atom. The molecule has 9 heteroatoms. The minimum Gasteiger partial charge on any atom is -0.435 e. The van der Waals surface area contributed by atoms with Gasteiger partial charge in [-0.15, -0.1) is 10.2 Å². The van der Waals surface area contributed by atoms with Gasteiger partial charge in [0.15, 0.2) is 0 Å². The Bertz CT molecular complexity index is 720.